The van der Waals surface area contributed by atoms with Crippen LogP contribution in [0.3, 0.4) is 0 Å². The van der Waals surface area contributed by atoms with Gasteiger partial charge in [0.1, 0.15) is 11.3 Å². The van der Waals surface area contributed by atoms with E-state index in [9.17, 15) is 14.9 Å². The summed E-state index contributed by atoms with van der Waals surface area (Å²) in [5, 5.41) is 22.8. The van der Waals surface area contributed by atoms with Crippen LogP contribution in [0.2, 0.25) is 0 Å². The van der Waals surface area contributed by atoms with Crippen molar-refractivity contribution in [2.24, 2.45) is 0 Å². The number of aromatic carboxylic acids is 1. The lowest BCUT2D eigenvalue weighted by molar-refractivity contribution is -0.384. The number of rotatable bonds is 8. The molecule has 104 valence electrons. The van der Waals surface area contributed by atoms with Crippen molar-refractivity contribution >= 4 is 17.3 Å². The third-order valence-corrected chi connectivity index (χ3v) is 2.43. The highest BCUT2D eigenvalue weighted by Gasteiger charge is 2.23. The maximum Gasteiger partial charge on any atom is 0.342 e. The molecule has 1 aromatic carbocycles. The van der Waals surface area contributed by atoms with Gasteiger partial charge in [-0.05, 0) is 25.5 Å². The number of anilines is 1. The van der Waals surface area contributed by atoms with Gasteiger partial charge >= 0.3 is 11.7 Å². The van der Waals surface area contributed by atoms with Crippen molar-refractivity contribution in [3.63, 3.8) is 0 Å². The quantitative estimate of drug-likeness (QED) is 0.425. The van der Waals surface area contributed by atoms with Crippen LogP contribution in [0, 0.1) is 10.1 Å². The minimum absolute atomic E-state index is 0.210. The van der Waals surface area contributed by atoms with Crippen LogP contribution in [0.15, 0.2) is 18.2 Å². The van der Waals surface area contributed by atoms with Gasteiger partial charge in [0, 0.05) is 19.8 Å². The van der Waals surface area contributed by atoms with Gasteiger partial charge in [0.05, 0.1) is 4.92 Å². The van der Waals surface area contributed by atoms with Crippen LogP contribution in [0.1, 0.15) is 23.7 Å². The molecule has 0 unspecified atom stereocenters. The van der Waals surface area contributed by atoms with E-state index < -0.39 is 16.6 Å². The summed E-state index contributed by atoms with van der Waals surface area (Å²) < 4.78 is 5.14. The Morgan fingerprint density at radius 2 is 2.26 bits per heavy atom. The van der Waals surface area contributed by atoms with E-state index in [0.29, 0.717) is 26.2 Å². The number of benzene rings is 1. The molecule has 0 heterocycles. The molecule has 0 spiro atoms. The molecule has 0 saturated heterocycles. The minimum atomic E-state index is -1.32. The molecule has 0 bridgehead atoms. The first-order valence-electron chi connectivity index (χ1n) is 5.90. The fourth-order valence-corrected chi connectivity index (χ4v) is 1.60. The Bertz CT molecular complexity index is 461. The maximum atomic E-state index is 11.0. The number of carboxylic acids is 1. The summed E-state index contributed by atoms with van der Waals surface area (Å²) >= 11 is 0. The highest BCUT2D eigenvalue weighted by Crippen LogP contribution is 2.28. The largest absolute Gasteiger partial charge is 0.477 e. The Morgan fingerprint density at radius 1 is 1.53 bits per heavy atom. The molecule has 0 radical (unpaired) electrons. The molecule has 1 aromatic rings. The topological polar surface area (TPSA) is 102 Å². The van der Waals surface area contributed by atoms with Gasteiger partial charge in [-0.3, -0.25) is 10.1 Å². The summed E-state index contributed by atoms with van der Waals surface area (Å²) in [6.45, 7) is 3.53. The number of nitro groups is 1. The van der Waals surface area contributed by atoms with Crippen molar-refractivity contribution in [2.45, 2.75) is 13.3 Å². The van der Waals surface area contributed by atoms with E-state index in [0.717, 1.165) is 0 Å². The van der Waals surface area contributed by atoms with Crippen molar-refractivity contribution in [1.29, 1.82) is 0 Å². The molecule has 7 heteroatoms. The second kappa shape index (κ2) is 7.32. The normalized spacial score (nSPS) is 10.2. The molecule has 0 aliphatic carbocycles. The molecule has 0 aromatic heterocycles. The van der Waals surface area contributed by atoms with E-state index in [4.69, 9.17) is 9.84 Å². The van der Waals surface area contributed by atoms with Crippen molar-refractivity contribution < 1.29 is 19.6 Å². The van der Waals surface area contributed by atoms with Gasteiger partial charge < -0.3 is 15.2 Å². The van der Waals surface area contributed by atoms with Crippen molar-refractivity contribution in [3.05, 3.63) is 33.9 Å². The van der Waals surface area contributed by atoms with Gasteiger partial charge in [0.2, 0.25) is 0 Å². The number of carbonyl (C=O) groups is 1. The number of ether oxygens (including phenoxy) is 1. The van der Waals surface area contributed by atoms with Crippen molar-refractivity contribution in [3.8, 4) is 0 Å². The Balaban J connectivity index is 2.80. The molecule has 0 fully saturated rings. The van der Waals surface area contributed by atoms with E-state index in [-0.39, 0.29) is 11.3 Å². The molecule has 0 aliphatic rings. The molecule has 2 N–H and O–H groups in total. The first kappa shape index (κ1) is 14.9. The predicted octanol–water partition coefficient (Wildman–Crippen LogP) is 2.13. The molecular weight excluding hydrogens is 252 g/mol. The van der Waals surface area contributed by atoms with Crippen LogP contribution in [-0.4, -0.2) is 35.8 Å². The Morgan fingerprint density at radius 3 is 2.84 bits per heavy atom. The summed E-state index contributed by atoms with van der Waals surface area (Å²) in [7, 11) is 0. The van der Waals surface area contributed by atoms with E-state index in [1.54, 1.807) is 0 Å². The molecule has 0 saturated carbocycles. The van der Waals surface area contributed by atoms with Crippen LogP contribution in [0.4, 0.5) is 11.4 Å². The maximum absolute atomic E-state index is 11.0. The first-order valence-corrected chi connectivity index (χ1v) is 5.90. The predicted molar refractivity (Wildman–Crippen MR) is 69.7 cm³/mol. The summed E-state index contributed by atoms with van der Waals surface area (Å²) in [4.78, 5) is 21.2. The van der Waals surface area contributed by atoms with E-state index in [1.165, 1.54) is 18.2 Å². The zero-order valence-corrected chi connectivity index (χ0v) is 10.6. The van der Waals surface area contributed by atoms with Crippen molar-refractivity contribution in [2.75, 3.05) is 25.1 Å². The number of hydrogen-bond donors (Lipinski definition) is 2. The second-order valence-corrected chi connectivity index (χ2v) is 3.74. The zero-order chi connectivity index (χ0) is 14.3. The smallest absolute Gasteiger partial charge is 0.342 e. The number of nitrogens with one attached hydrogen (secondary N) is 1. The van der Waals surface area contributed by atoms with Gasteiger partial charge in [-0.15, -0.1) is 0 Å². The van der Waals surface area contributed by atoms with E-state index >= 15 is 0 Å². The van der Waals surface area contributed by atoms with Crippen molar-refractivity contribution in [1.82, 2.24) is 0 Å². The van der Waals surface area contributed by atoms with Gasteiger partial charge in [0.25, 0.3) is 0 Å². The molecule has 7 nitrogen and oxygen atoms in total. The van der Waals surface area contributed by atoms with Gasteiger partial charge in [-0.1, -0.05) is 6.07 Å². The van der Waals surface area contributed by atoms with Crippen LogP contribution in [0.5, 0.6) is 0 Å². The average molecular weight is 268 g/mol. The minimum Gasteiger partial charge on any atom is -0.477 e. The molecule has 0 aliphatic heterocycles. The number of nitro benzene ring substituents is 1. The third kappa shape index (κ3) is 4.22. The fourth-order valence-electron chi connectivity index (χ4n) is 1.60. The first-order chi connectivity index (χ1) is 9.07. The third-order valence-electron chi connectivity index (χ3n) is 2.43. The molecule has 0 atom stereocenters. The lowest BCUT2D eigenvalue weighted by atomic mass is 10.1. The highest BCUT2D eigenvalue weighted by atomic mass is 16.6. The molecule has 0 amide bonds. The fraction of sp³-hybridized carbons (Fsp3) is 0.417. The summed E-state index contributed by atoms with van der Waals surface area (Å²) in [6.07, 6.45) is 0.683. The lowest BCUT2D eigenvalue weighted by Gasteiger charge is -2.08. The summed E-state index contributed by atoms with van der Waals surface area (Å²) in [6, 6.07) is 4.18. The van der Waals surface area contributed by atoms with Gasteiger partial charge in [0.15, 0.2) is 0 Å². The Hall–Kier alpha value is -2.15. The number of nitrogens with zero attached hydrogens (tertiary/aromatic N) is 1. The van der Waals surface area contributed by atoms with Crippen LogP contribution in [0.25, 0.3) is 0 Å². The number of carboxylic acid groups (broad SMARTS) is 1. The van der Waals surface area contributed by atoms with Crippen LogP contribution in [-0.2, 0) is 4.74 Å². The Kier molecular flexibility index (Phi) is 5.74. The molecule has 1 rings (SSSR count). The van der Waals surface area contributed by atoms with Gasteiger partial charge in [-0.2, -0.15) is 0 Å². The number of hydrogen-bond acceptors (Lipinski definition) is 5. The van der Waals surface area contributed by atoms with Gasteiger partial charge in [-0.25, -0.2) is 4.79 Å². The van der Waals surface area contributed by atoms with E-state index in [1.807, 2.05) is 6.92 Å². The lowest BCUT2D eigenvalue weighted by Crippen LogP contribution is -2.10. The van der Waals surface area contributed by atoms with E-state index in [2.05, 4.69) is 5.32 Å². The zero-order valence-electron chi connectivity index (χ0n) is 10.6. The summed E-state index contributed by atoms with van der Waals surface area (Å²) in [5.74, 6) is -1.32. The molecular formula is C12H16N2O5. The average Bonchev–Trinajstić information content (AvgIpc) is 2.37. The monoisotopic (exact) mass is 268 g/mol. The standard InChI is InChI=1S/C12H16N2O5/c1-2-19-8-4-7-13-10-6-3-5-9(12(15)16)11(10)14(17)18/h3,5-6,13H,2,4,7-8H2,1H3,(H,15,16). The SMILES string of the molecule is CCOCCCNc1cccc(C(=O)O)c1[N+](=O)[O-]. The number of para-hydroxylation sites is 1. The Labute approximate surface area is 110 Å². The highest BCUT2D eigenvalue weighted by molar-refractivity contribution is 5.95. The molecule has 19 heavy (non-hydrogen) atoms. The van der Waals surface area contributed by atoms with Crippen LogP contribution < -0.4 is 5.32 Å². The second-order valence-electron chi connectivity index (χ2n) is 3.74. The summed E-state index contributed by atoms with van der Waals surface area (Å²) in [5.41, 5.74) is -0.521. The van der Waals surface area contributed by atoms with Crippen LogP contribution >= 0.6 is 0 Å².